The van der Waals surface area contributed by atoms with E-state index in [9.17, 15) is 19.7 Å². The highest BCUT2D eigenvalue weighted by molar-refractivity contribution is 7.18. The van der Waals surface area contributed by atoms with E-state index in [1.165, 1.54) is 6.92 Å². The normalized spacial score (nSPS) is 11.8. The lowest BCUT2D eigenvalue weighted by Gasteiger charge is -2.17. The predicted molar refractivity (Wildman–Crippen MR) is 142 cm³/mol. The van der Waals surface area contributed by atoms with E-state index >= 15 is 0 Å². The van der Waals surface area contributed by atoms with Crippen LogP contribution >= 0.6 is 11.3 Å². The number of nitrogens with one attached hydrogen (secondary N) is 2. The number of azo groups is 1. The molecule has 1 aromatic carbocycles. The SMILES string of the molecule is CCCCC(CC)COC(=O)CCNc1cc(NC(C)=O)c(N=Nc2ncc([N+](=O)[O-])s2)cc1OCC. The number of hydrogen-bond donors (Lipinski definition) is 2. The first-order chi connectivity index (χ1) is 17.8. The highest BCUT2D eigenvalue weighted by atomic mass is 32.1. The second kappa shape index (κ2) is 15.5. The van der Waals surface area contributed by atoms with Gasteiger partial charge in [-0.25, -0.2) is 4.98 Å². The Bertz CT molecular complexity index is 1090. The van der Waals surface area contributed by atoms with Gasteiger partial charge in [0.1, 0.15) is 17.6 Å². The third-order valence-electron chi connectivity index (χ3n) is 5.28. The predicted octanol–water partition coefficient (Wildman–Crippen LogP) is 6.39. The molecule has 0 saturated carbocycles. The summed E-state index contributed by atoms with van der Waals surface area (Å²) in [7, 11) is 0. The second-order valence-electron chi connectivity index (χ2n) is 8.19. The smallest absolute Gasteiger partial charge is 0.345 e. The summed E-state index contributed by atoms with van der Waals surface area (Å²) in [5.41, 5.74) is 1.17. The van der Waals surface area contributed by atoms with Crippen molar-refractivity contribution in [1.29, 1.82) is 0 Å². The molecule has 37 heavy (non-hydrogen) atoms. The number of carbonyl (C=O) groups excluding carboxylic acids is 2. The van der Waals surface area contributed by atoms with Crippen LogP contribution in [0.3, 0.4) is 0 Å². The molecule has 0 spiro atoms. The fraction of sp³-hybridized carbons (Fsp3) is 0.542. The van der Waals surface area contributed by atoms with Crippen molar-refractivity contribution >= 4 is 50.4 Å². The van der Waals surface area contributed by atoms with E-state index in [4.69, 9.17) is 9.47 Å². The fourth-order valence-electron chi connectivity index (χ4n) is 3.32. The molecule has 2 aromatic rings. The van der Waals surface area contributed by atoms with Crippen LogP contribution in [-0.4, -0.2) is 41.5 Å². The maximum Gasteiger partial charge on any atom is 0.345 e. The Labute approximate surface area is 220 Å². The molecule has 1 aromatic heterocycles. The van der Waals surface area contributed by atoms with Crippen molar-refractivity contribution in [2.45, 2.75) is 59.8 Å². The number of unbranched alkanes of at least 4 members (excludes halogenated alkanes) is 1. The Morgan fingerprint density at radius 1 is 1.22 bits per heavy atom. The molecule has 1 heterocycles. The Hall–Kier alpha value is -3.61. The van der Waals surface area contributed by atoms with Crippen molar-refractivity contribution in [1.82, 2.24) is 4.98 Å². The molecule has 0 fully saturated rings. The Morgan fingerprint density at radius 2 is 2.00 bits per heavy atom. The molecular formula is C24H34N6O6S. The van der Waals surface area contributed by atoms with Gasteiger partial charge >= 0.3 is 11.0 Å². The molecule has 1 atom stereocenters. The van der Waals surface area contributed by atoms with Crippen molar-refractivity contribution in [3.63, 3.8) is 0 Å². The molecule has 0 aliphatic carbocycles. The third kappa shape index (κ3) is 10.1. The number of thiazole rings is 1. The summed E-state index contributed by atoms with van der Waals surface area (Å²) in [5.74, 6) is 0.201. The van der Waals surface area contributed by atoms with Crippen molar-refractivity contribution in [3.8, 4) is 5.75 Å². The summed E-state index contributed by atoms with van der Waals surface area (Å²) in [4.78, 5) is 38.2. The quantitative estimate of drug-likeness (QED) is 0.109. The fourth-order valence-corrected chi connectivity index (χ4v) is 3.87. The zero-order valence-electron chi connectivity index (χ0n) is 21.6. The van der Waals surface area contributed by atoms with Gasteiger partial charge in [-0.05, 0) is 36.7 Å². The largest absolute Gasteiger partial charge is 0.492 e. The topological polar surface area (TPSA) is 157 Å². The minimum Gasteiger partial charge on any atom is -0.492 e. The van der Waals surface area contributed by atoms with E-state index in [0.717, 1.165) is 43.2 Å². The molecule has 2 rings (SSSR count). The molecule has 1 unspecified atom stereocenters. The first-order valence-corrected chi connectivity index (χ1v) is 13.1. The second-order valence-corrected chi connectivity index (χ2v) is 9.18. The van der Waals surface area contributed by atoms with Crippen molar-refractivity contribution in [3.05, 3.63) is 28.4 Å². The van der Waals surface area contributed by atoms with Gasteiger partial charge < -0.3 is 20.1 Å². The maximum absolute atomic E-state index is 12.2. The van der Waals surface area contributed by atoms with Crippen LogP contribution < -0.4 is 15.4 Å². The summed E-state index contributed by atoms with van der Waals surface area (Å²) in [6, 6.07) is 3.22. The van der Waals surface area contributed by atoms with Gasteiger partial charge in [-0.1, -0.05) is 33.1 Å². The van der Waals surface area contributed by atoms with Gasteiger partial charge in [0.15, 0.2) is 0 Å². The number of aromatic nitrogens is 1. The monoisotopic (exact) mass is 534 g/mol. The Morgan fingerprint density at radius 3 is 2.62 bits per heavy atom. The molecule has 0 radical (unpaired) electrons. The summed E-state index contributed by atoms with van der Waals surface area (Å²) >= 11 is 0.777. The van der Waals surface area contributed by atoms with Crippen LogP contribution in [0.1, 0.15) is 59.8 Å². The van der Waals surface area contributed by atoms with Crippen molar-refractivity contribution in [2.75, 3.05) is 30.4 Å². The van der Waals surface area contributed by atoms with Gasteiger partial charge in [-0.3, -0.25) is 19.7 Å². The molecule has 12 nitrogen and oxygen atoms in total. The molecule has 1 amide bonds. The maximum atomic E-state index is 12.2. The summed E-state index contributed by atoms with van der Waals surface area (Å²) in [5, 5.41) is 24.7. The minimum absolute atomic E-state index is 0.0964. The van der Waals surface area contributed by atoms with Crippen LogP contribution in [-0.2, 0) is 14.3 Å². The van der Waals surface area contributed by atoms with Gasteiger partial charge in [0, 0.05) is 19.5 Å². The van der Waals surface area contributed by atoms with E-state index in [-0.39, 0.29) is 34.1 Å². The van der Waals surface area contributed by atoms with Gasteiger partial charge in [0.2, 0.25) is 11.0 Å². The average Bonchev–Trinajstić information content (AvgIpc) is 3.34. The third-order valence-corrected chi connectivity index (χ3v) is 6.11. The number of rotatable bonds is 16. The number of carbonyl (C=O) groups is 2. The van der Waals surface area contributed by atoms with E-state index in [1.807, 2.05) is 6.92 Å². The summed E-state index contributed by atoms with van der Waals surface area (Å²) in [6.07, 6.45) is 5.52. The van der Waals surface area contributed by atoms with Crippen LogP contribution in [0.25, 0.3) is 0 Å². The van der Waals surface area contributed by atoms with E-state index in [2.05, 4.69) is 39.7 Å². The van der Waals surface area contributed by atoms with Crippen molar-refractivity contribution in [2.24, 2.45) is 16.1 Å². The van der Waals surface area contributed by atoms with Gasteiger partial charge in [-0.2, -0.15) is 0 Å². The number of benzene rings is 1. The van der Waals surface area contributed by atoms with Gasteiger partial charge in [0.05, 0.1) is 35.9 Å². The van der Waals surface area contributed by atoms with Crippen molar-refractivity contribution < 1.29 is 24.0 Å². The first kappa shape index (κ1) is 29.6. The number of amides is 1. The standard InChI is InChI=1S/C24H34N6O6S/c1-5-8-9-17(6-2)15-36-23(32)10-11-25-20-12-18(27-16(4)31)19(13-21(20)35-7-3)28-29-24-26-14-22(37-24)30(33)34/h12-14,17,25H,5-11,15H2,1-4H3,(H,27,31). The number of nitro groups is 1. The molecule has 0 saturated heterocycles. The lowest BCUT2D eigenvalue weighted by molar-refractivity contribution is -0.380. The lowest BCUT2D eigenvalue weighted by atomic mass is 10.0. The molecule has 2 N–H and O–H groups in total. The van der Waals surface area contributed by atoms with Crippen LogP contribution in [0.15, 0.2) is 28.6 Å². The Kier molecular flexibility index (Phi) is 12.4. The van der Waals surface area contributed by atoms with Crippen LogP contribution in [0.2, 0.25) is 0 Å². The zero-order chi connectivity index (χ0) is 27.2. The van der Waals surface area contributed by atoms with E-state index in [1.54, 1.807) is 12.1 Å². The molecule has 0 bridgehead atoms. The van der Waals surface area contributed by atoms with E-state index < -0.39 is 4.92 Å². The van der Waals surface area contributed by atoms with Gasteiger partial charge in [-0.15, -0.1) is 10.2 Å². The van der Waals surface area contributed by atoms with Crippen LogP contribution in [0.5, 0.6) is 5.75 Å². The molecule has 0 aliphatic rings. The zero-order valence-corrected chi connectivity index (χ0v) is 22.4. The average molecular weight is 535 g/mol. The number of nitrogens with zero attached hydrogens (tertiary/aromatic N) is 4. The Balaban J connectivity index is 2.12. The number of esters is 1. The highest BCUT2D eigenvalue weighted by Crippen LogP contribution is 2.38. The molecule has 0 aliphatic heterocycles. The molecule has 202 valence electrons. The number of hydrogen-bond acceptors (Lipinski definition) is 11. The van der Waals surface area contributed by atoms with Crippen LogP contribution in [0.4, 0.5) is 27.2 Å². The number of ether oxygens (including phenoxy) is 2. The minimum atomic E-state index is -0.558. The lowest BCUT2D eigenvalue weighted by Crippen LogP contribution is -2.17. The highest BCUT2D eigenvalue weighted by Gasteiger charge is 2.15. The molecule has 13 heteroatoms. The number of anilines is 2. The summed E-state index contributed by atoms with van der Waals surface area (Å²) < 4.78 is 11.2. The van der Waals surface area contributed by atoms with E-state index in [0.29, 0.717) is 42.8 Å². The van der Waals surface area contributed by atoms with Crippen LogP contribution in [0, 0.1) is 16.0 Å². The van der Waals surface area contributed by atoms with Gasteiger partial charge in [0.25, 0.3) is 0 Å². The molecular weight excluding hydrogens is 500 g/mol. The summed E-state index contributed by atoms with van der Waals surface area (Å²) in [6.45, 7) is 8.50. The first-order valence-electron chi connectivity index (χ1n) is 12.3.